The summed E-state index contributed by atoms with van der Waals surface area (Å²) in [5.41, 5.74) is 1.36. The van der Waals surface area contributed by atoms with Gasteiger partial charge in [-0.2, -0.15) is 0 Å². The number of aliphatic hydroxyl groups is 1. The van der Waals surface area contributed by atoms with Crippen molar-refractivity contribution in [3.8, 4) is 0 Å². The lowest BCUT2D eigenvalue weighted by molar-refractivity contribution is 0.0689. The van der Waals surface area contributed by atoms with Crippen LogP contribution in [0.25, 0.3) is 0 Å². The van der Waals surface area contributed by atoms with Gasteiger partial charge in [0.1, 0.15) is 11.9 Å². The predicted octanol–water partition coefficient (Wildman–Crippen LogP) is 0.652. The minimum atomic E-state index is -0.0898. The van der Waals surface area contributed by atoms with Gasteiger partial charge in [0.05, 0.1) is 19.0 Å². The third kappa shape index (κ3) is 2.56. The highest BCUT2D eigenvalue weighted by atomic mass is 16.5. The summed E-state index contributed by atoms with van der Waals surface area (Å²) >= 11 is 0. The molecule has 1 aliphatic heterocycles. The maximum atomic E-state index is 11.8. The summed E-state index contributed by atoms with van der Waals surface area (Å²) < 4.78 is 7.38. The number of nitrogens with one attached hydrogen (secondary N) is 1. The van der Waals surface area contributed by atoms with E-state index in [-0.39, 0.29) is 30.7 Å². The molecule has 0 spiro atoms. The Labute approximate surface area is 112 Å². The Balaban J connectivity index is 2.26. The number of aromatic nitrogens is 2. The molecule has 1 unspecified atom stereocenters. The van der Waals surface area contributed by atoms with E-state index in [1.54, 1.807) is 13.4 Å². The quantitative estimate of drug-likeness (QED) is 0.766. The molecule has 1 aromatic heterocycles. The number of rotatable bonds is 5. The van der Waals surface area contributed by atoms with Crippen LogP contribution >= 0.6 is 0 Å². The normalized spacial score (nSPS) is 26.8. The fourth-order valence-electron chi connectivity index (χ4n) is 2.58. The van der Waals surface area contributed by atoms with Crippen molar-refractivity contribution in [1.29, 1.82) is 0 Å². The number of ketones is 1. The summed E-state index contributed by atoms with van der Waals surface area (Å²) in [6.45, 7) is 3.79. The highest BCUT2D eigenvalue weighted by Crippen LogP contribution is 2.26. The molecule has 0 amide bonds. The van der Waals surface area contributed by atoms with Gasteiger partial charge in [0.25, 0.3) is 0 Å². The van der Waals surface area contributed by atoms with Crippen molar-refractivity contribution >= 4 is 5.78 Å². The summed E-state index contributed by atoms with van der Waals surface area (Å²) in [5.74, 6) is 0.0434. The van der Waals surface area contributed by atoms with Gasteiger partial charge in [-0.15, -0.1) is 0 Å². The van der Waals surface area contributed by atoms with Gasteiger partial charge in [-0.25, -0.2) is 4.98 Å². The van der Waals surface area contributed by atoms with E-state index in [0.717, 1.165) is 12.1 Å². The van der Waals surface area contributed by atoms with E-state index in [0.29, 0.717) is 12.1 Å². The Kier molecular flexibility index (Phi) is 4.34. The number of hydrogen-bond donors (Lipinski definition) is 2. The second-order valence-corrected chi connectivity index (χ2v) is 4.86. The largest absolute Gasteiger partial charge is 0.395 e. The number of carbonyl (C=O) groups excluding carboxylic acids is 1. The molecular weight excluding hydrogens is 246 g/mol. The van der Waals surface area contributed by atoms with Gasteiger partial charge in [0.15, 0.2) is 5.78 Å². The first-order chi connectivity index (χ1) is 9.12. The lowest BCUT2D eigenvalue weighted by atomic mass is 10.2. The molecule has 0 radical (unpaired) electrons. The van der Waals surface area contributed by atoms with Gasteiger partial charge in [-0.1, -0.05) is 6.92 Å². The van der Waals surface area contributed by atoms with Crippen molar-refractivity contribution in [1.82, 2.24) is 14.9 Å². The third-order valence-electron chi connectivity index (χ3n) is 3.72. The summed E-state index contributed by atoms with van der Waals surface area (Å²) in [6, 6.07) is 0.0158. The Morgan fingerprint density at radius 2 is 2.42 bits per heavy atom. The summed E-state index contributed by atoms with van der Waals surface area (Å²) in [4.78, 5) is 16.0. The molecular formula is C13H21N3O3. The molecule has 0 bridgehead atoms. The lowest BCUT2D eigenvalue weighted by Crippen LogP contribution is -2.33. The summed E-state index contributed by atoms with van der Waals surface area (Å²) in [5, 5.41) is 12.6. The number of Topliss-reactive ketones (excluding diaryl/α,β-unsaturated/α-hetero) is 1. The van der Waals surface area contributed by atoms with Crippen molar-refractivity contribution in [3.63, 3.8) is 0 Å². The standard InChI is InChI=1S/C13H21N3O3/c1-4-10(18)12-8(2)16(7-14-12)13-11(19-3)5-9(6-17)15-13/h7,9,11,13,15,17H,4-6H2,1-3H3/t9?,11-,13+/m1/s1. The second kappa shape index (κ2) is 5.81. The predicted molar refractivity (Wildman–Crippen MR) is 70.0 cm³/mol. The monoisotopic (exact) mass is 267 g/mol. The van der Waals surface area contributed by atoms with Crippen LogP contribution in [0, 0.1) is 6.92 Å². The molecule has 0 saturated carbocycles. The van der Waals surface area contributed by atoms with Gasteiger partial charge < -0.3 is 14.4 Å². The molecule has 1 fully saturated rings. The molecule has 0 aromatic carbocycles. The maximum absolute atomic E-state index is 11.8. The van der Waals surface area contributed by atoms with Crippen LogP contribution in [0.5, 0.6) is 0 Å². The van der Waals surface area contributed by atoms with Crippen LogP contribution in [-0.2, 0) is 4.74 Å². The fraction of sp³-hybridized carbons (Fsp3) is 0.692. The van der Waals surface area contributed by atoms with E-state index in [1.165, 1.54) is 0 Å². The first kappa shape index (κ1) is 14.2. The fourth-order valence-corrected chi connectivity index (χ4v) is 2.58. The number of carbonyl (C=O) groups is 1. The van der Waals surface area contributed by atoms with Crippen LogP contribution < -0.4 is 5.32 Å². The van der Waals surface area contributed by atoms with Crippen LogP contribution in [0.2, 0.25) is 0 Å². The highest BCUT2D eigenvalue weighted by Gasteiger charge is 2.35. The number of methoxy groups -OCH3 is 1. The van der Waals surface area contributed by atoms with Gasteiger partial charge in [-0.3, -0.25) is 10.1 Å². The van der Waals surface area contributed by atoms with Crippen molar-refractivity contribution < 1.29 is 14.6 Å². The molecule has 2 N–H and O–H groups in total. The van der Waals surface area contributed by atoms with E-state index in [1.807, 2.05) is 18.4 Å². The molecule has 1 aromatic rings. The molecule has 2 rings (SSSR count). The van der Waals surface area contributed by atoms with Crippen molar-refractivity contribution in [2.45, 2.75) is 45.0 Å². The summed E-state index contributed by atoms with van der Waals surface area (Å²) in [7, 11) is 1.66. The SMILES string of the molecule is CCC(=O)c1ncn([C@@H]2NC(CO)C[C@H]2OC)c1C. The molecule has 2 heterocycles. The highest BCUT2D eigenvalue weighted by molar-refractivity contribution is 5.95. The third-order valence-corrected chi connectivity index (χ3v) is 3.72. The number of nitrogens with zero attached hydrogens (tertiary/aromatic N) is 2. The molecule has 106 valence electrons. The molecule has 3 atom stereocenters. The first-order valence-electron chi connectivity index (χ1n) is 6.58. The second-order valence-electron chi connectivity index (χ2n) is 4.86. The summed E-state index contributed by atoms with van der Waals surface area (Å²) in [6.07, 6.45) is 2.74. The van der Waals surface area contributed by atoms with E-state index in [2.05, 4.69) is 10.3 Å². The van der Waals surface area contributed by atoms with Gasteiger partial charge in [-0.05, 0) is 13.3 Å². The zero-order chi connectivity index (χ0) is 14.0. The van der Waals surface area contributed by atoms with Crippen LogP contribution in [0.4, 0.5) is 0 Å². The number of hydrogen-bond acceptors (Lipinski definition) is 5. The molecule has 6 heteroatoms. The van der Waals surface area contributed by atoms with Crippen LogP contribution in [0.1, 0.15) is 42.1 Å². The average molecular weight is 267 g/mol. The van der Waals surface area contributed by atoms with E-state index in [9.17, 15) is 9.90 Å². The minimum Gasteiger partial charge on any atom is -0.395 e. The topological polar surface area (TPSA) is 76.4 Å². The maximum Gasteiger partial charge on any atom is 0.182 e. The molecule has 0 aliphatic carbocycles. The Morgan fingerprint density at radius 1 is 1.68 bits per heavy atom. The van der Waals surface area contributed by atoms with E-state index in [4.69, 9.17) is 4.74 Å². The zero-order valence-corrected chi connectivity index (χ0v) is 11.6. The lowest BCUT2D eigenvalue weighted by Gasteiger charge is -2.21. The van der Waals surface area contributed by atoms with E-state index >= 15 is 0 Å². The Bertz CT molecular complexity index is 458. The van der Waals surface area contributed by atoms with Crippen LogP contribution in [0.15, 0.2) is 6.33 Å². The zero-order valence-electron chi connectivity index (χ0n) is 11.6. The van der Waals surface area contributed by atoms with Crippen molar-refractivity contribution in [3.05, 3.63) is 17.7 Å². The number of ether oxygens (including phenoxy) is 1. The Hall–Kier alpha value is -1.24. The minimum absolute atomic E-state index is 0.0158. The molecule has 19 heavy (non-hydrogen) atoms. The van der Waals surface area contributed by atoms with Crippen LogP contribution in [-0.4, -0.2) is 46.3 Å². The van der Waals surface area contributed by atoms with Crippen molar-refractivity contribution in [2.75, 3.05) is 13.7 Å². The molecule has 1 aliphatic rings. The van der Waals surface area contributed by atoms with Gasteiger partial charge in [0, 0.05) is 25.3 Å². The van der Waals surface area contributed by atoms with Crippen molar-refractivity contribution in [2.24, 2.45) is 0 Å². The first-order valence-corrected chi connectivity index (χ1v) is 6.58. The Morgan fingerprint density at radius 3 is 3.00 bits per heavy atom. The van der Waals surface area contributed by atoms with Gasteiger partial charge in [0.2, 0.25) is 0 Å². The smallest absolute Gasteiger partial charge is 0.182 e. The van der Waals surface area contributed by atoms with Crippen LogP contribution in [0.3, 0.4) is 0 Å². The van der Waals surface area contributed by atoms with Gasteiger partial charge >= 0.3 is 0 Å². The van der Waals surface area contributed by atoms with E-state index < -0.39 is 0 Å². The number of aliphatic hydroxyl groups excluding tert-OH is 1. The molecule has 1 saturated heterocycles. The number of imidazole rings is 1. The molecule has 6 nitrogen and oxygen atoms in total. The average Bonchev–Trinajstić information content (AvgIpc) is 3.00.